The Hall–Kier alpha value is -2.19. The van der Waals surface area contributed by atoms with Crippen LogP contribution in [0.1, 0.15) is 23.2 Å². The molecule has 1 amide bonds. The Kier molecular flexibility index (Phi) is 6.33. The average Bonchev–Trinajstić information content (AvgIpc) is 3.03. The SMILES string of the molecule is CCS(=O)(=O)N(C)C(=O)/C=C\c1ccccc1OCc1csc(C)n1. The lowest BCUT2D eigenvalue weighted by Gasteiger charge is -2.14. The van der Waals surface area contributed by atoms with Gasteiger partial charge in [-0.1, -0.05) is 18.2 Å². The molecule has 0 radical (unpaired) electrons. The van der Waals surface area contributed by atoms with Crippen LogP contribution in [0.2, 0.25) is 0 Å². The minimum atomic E-state index is -3.56. The van der Waals surface area contributed by atoms with Gasteiger partial charge in [0.15, 0.2) is 0 Å². The molecule has 0 unspecified atom stereocenters. The van der Waals surface area contributed by atoms with Crippen LogP contribution in [0.5, 0.6) is 5.75 Å². The molecule has 25 heavy (non-hydrogen) atoms. The zero-order valence-corrected chi connectivity index (χ0v) is 15.9. The maximum Gasteiger partial charge on any atom is 0.259 e. The topological polar surface area (TPSA) is 76.6 Å². The molecule has 0 spiro atoms. The number of carbonyl (C=O) groups is 1. The van der Waals surface area contributed by atoms with Crippen molar-refractivity contribution in [1.29, 1.82) is 0 Å². The van der Waals surface area contributed by atoms with E-state index in [1.807, 2.05) is 24.4 Å². The molecular formula is C17H20N2O4S2. The van der Waals surface area contributed by atoms with E-state index in [-0.39, 0.29) is 5.75 Å². The summed E-state index contributed by atoms with van der Waals surface area (Å²) in [7, 11) is -2.31. The molecule has 0 aliphatic carbocycles. The van der Waals surface area contributed by atoms with Crippen LogP contribution in [0.25, 0.3) is 6.08 Å². The van der Waals surface area contributed by atoms with Gasteiger partial charge in [0.05, 0.1) is 16.5 Å². The molecule has 1 aromatic carbocycles. The summed E-state index contributed by atoms with van der Waals surface area (Å²) in [6.07, 6.45) is 2.77. The first-order valence-corrected chi connectivity index (χ1v) is 10.1. The van der Waals surface area contributed by atoms with Crippen molar-refractivity contribution in [2.75, 3.05) is 12.8 Å². The Labute approximate surface area is 151 Å². The number of likely N-dealkylation sites (N-methyl/N-ethyl adjacent to an activating group) is 1. The molecule has 1 aromatic heterocycles. The number of aromatic nitrogens is 1. The number of sulfonamides is 1. The zero-order valence-electron chi connectivity index (χ0n) is 14.3. The molecule has 6 nitrogen and oxygen atoms in total. The molecule has 0 fully saturated rings. The van der Waals surface area contributed by atoms with Crippen molar-refractivity contribution < 1.29 is 17.9 Å². The van der Waals surface area contributed by atoms with E-state index in [1.54, 1.807) is 29.5 Å². The highest BCUT2D eigenvalue weighted by atomic mass is 32.2. The highest BCUT2D eigenvalue weighted by molar-refractivity contribution is 7.89. The number of para-hydroxylation sites is 1. The van der Waals surface area contributed by atoms with Crippen LogP contribution < -0.4 is 4.74 Å². The van der Waals surface area contributed by atoms with Crippen molar-refractivity contribution in [3.8, 4) is 5.75 Å². The Morgan fingerprint density at radius 1 is 1.36 bits per heavy atom. The monoisotopic (exact) mass is 380 g/mol. The molecule has 8 heteroatoms. The number of nitrogens with zero attached hydrogens (tertiary/aromatic N) is 2. The van der Waals surface area contributed by atoms with Crippen LogP contribution in [-0.4, -0.2) is 36.4 Å². The van der Waals surface area contributed by atoms with Crippen molar-refractivity contribution in [2.45, 2.75) is 20.5 Å². The second-order valence-electron chi connectivity index (χ2n) is 5.22. The van der Waals surface area contributed by atoms with E-state index in [9.17, 15) is 13.2 Å². The summed E-state index contributed by atoms with van der Waals surface area (Å²) in [5.74, 6) is -0.138. The Balaban J connectivity index is 2.10. The summed E-state index contributed by atoms with van der Waals surface area (Å²) in [6.45, 7) is 3.75. The number of thiazole rings is 1. The van der Waals surface area contributed by atoms with Gasteiger partial charge in [-0.05, 0) is 26.0 Å². The van der Waals surface area contributed by atoms with Gasteiger partial charge >= 0.3 is 0 Å². The molecule has 0 aliphatic heterocycles. The van der Waals surface area contributed by atoms with E-state index < -0.39 is 15.9 Å². The summed E-state index contributed by atoms with van der Waals surface area (Å²) in [6, 6.07) is 7.22. The van der Waals surface area contributed by atoms with Gasteiger partial charge in [-0.25, -0.2) is 17.7 Å². The predicted molar refractivity (Wildman–Crippen MR) is 98.9 cm³/mol. The van der Waals surface area contributed by atoms with Gasteiger partial charge in [0.1, 0.15) is 12.4 Å². The minimum absolute atomic E-state index is 0.129. The highest BCUT2D eigenvalue weighted by Gasteiger charge is 2.18. The van der Waals surface area contributed by atoms with Gasteiger partial charge in [0.25, 0.3) is 5.91 Å². The summed E-state index contributed by atoms with van der Waals surface area (Å²) in [5, 5.41) is 2.90. The molecule has 0 bridgehead atoms. The fourth-order valence-electron chi connectivity index (χ4n) is 1.97. The number of aryl methyl sites for hydroxylation is 1. The standard InChI is InChI=1S/C17H20N2O4S2/c1-4-25(21,22)19(3)17(20)10-9-14-7-5-6-8-16(14)23-11-15-12-24-13(2)18-15/h5-10,12H,4,11H2,1-3H3/b10-9-. The quantitative estimate of drug-likeness (QED) is 0.691. The first-order chi connectivity index (χ1) is 11.8. The van der Waals surface area contributed by atoms with Gasteiger partial charge in [-0.2, -0.15) is 0 Å². The molecule has 1 heterocycles. The van der Waals surface area contributed by atoms with Crippen LogP contribution in [0.4, 0.5) is 0 Å². The Morgan fingerprint density at radius 2 is 2.08 bits per heavy atom. The number of hydrogen-bond donors (Lipinski definition) is 0. The minimum Gasteiger partial charge on any atom is -0.487 e. The number of ether oxygens (including phenoxy) is 1. The number of hydrogen-bond acceptors (Lipinski definition) is 6. The van der Waals surface area contributed by atoms with Crippen LogP contribution in [-0.2, 0) is 21.4 Å². The maximum atomic E-state index is 12.0. The first-order valence-electron chi connectivity index (χ1n) is 7.65. The number of rotatable bonds is 7. The molecule has 0 N–H and O–H groups in total. The normalized spacial score (nSPS) is 11.6. The lowest BCUT2D eigenvalue weighted by Crippen LogP contribution is -2.32. The van der Waals surface area contributed by atoms with E-state index in [0.717, 1.165) is 15.0 Å². The van der Waals surface area contributed by atoms with Crippen molar-refractivity contribution in [3.63, 3.8) is 0 Å². The molecule has 0 atom stereocenters. The fourth-order valence-corrected chi connectivity index (χ4v) is 3.29. The van der Waals surface area contributed by atoms with Crippen molar-refractivity contribution in [1.82, 2.24) is 9.29 Å². The molecule has 0 saturated heterocycles. The Morgan fingerprint density at radius 3 is 2.72 bits per heavy atom. The summed E-state index contributed by atoms with van der Waals surface area (Å²) < 4.78 is 30.0. The second-order valence-corrected chi connectivity index (χ2v) is 8.58. The first kappa shape index (κ1) is 19.1. The van der Waals surface area contributed by atoms with Gasteiger partial charge < -0.3 is 4.74 Å². The summed E-state index contributed by atoms with van der Waals surface area (Å²) in [4.78, 5) is 16.4. The third-order valence-corrected chi connectivity index (χ3v) is 6.03. The lowest BCUT2D eigenvalue weighted by molar-refractivity contribution is -0.120. The molecule has 0 aliphatic rings. The molecule has 2 rings (SSSR count). The van der Waals surface area contributed by atoms with E-state index in [2.05, 4.69) is 4.98 Å². The number of amides is 1. The largest absolute Gasteiger partial charge is 0.487 e. The third kappa shape index (κ3) is 5.14. The van der Waals surface area contributed by atoms with Crippen molar-refractivity contribution in [3.05, 3.63) is 52.0 Å². The van der Waals surface area contributed by atoms with Gasteiger partial charge in [-0.3, -0.25) is 4.79 Å². The van der Waals surface area contributed by atoms with E-state index in [4.69, 9.17) is 4.74 Å². The predicted octanol–water partition coefficient (Wildman–Crippen LogP) is 2.85. The highest BCUT2D eigenvalue weighted by Crippen LogP contribution is 2.21. The van der Waals surface area contributed by atoms with E-state index in [0.29, 0.717) is 17.9 Å². The van der Waals surface area contributed by atoms with Crippen LogP contribution in [0, 0.1) is 6.92 Å². The van der Waals surface area contributed by atoms with E-state index in [1.165, 1.54) is 20.0 Å². The second kappa shape index (κ2) is 8.26. The number of carbonyl (C=O) groups excluding carboxylic acids is 1. The molecule has 0 saturated carbocycles. The average molecular weight is 380 g/mol. The smallest absolute Gasteiger partial charge is 0.259 e. The maximum absolute atomic E-state index is 12.0. The molecular weight excluding hydrogens is 360 g/mol. The van der Waals surface area contributed by atoms with Crippen LogP contribution >= 0.6 is 11.3 Å². The number of benzene rings is 1. The van der Waals surface area contributed by atoms with Gasteiger partial charge in [0, 0.05) is 24.1 Å². The van der Waals surface area contributed by atoms with E-state index >= 15 is 0 Å². The molecule has 2 aromatic rings. The fraction of sp³-hybridized carbons (Fsp3) is 0.294. The third-order valence-electron chi connectivity index (χ3n) is 3.46. The van der Waals surface area contributed by atoms with Gasteiger partial charge in [0.2, 0.25) is 10.0 Å². The van der Waals surface area contributed by atoms with Crippen LogP contribution in [0.15, 0.2) is 35.7 Å². The summed E-state index contributed by atoms with van der Waals surface area (Å²) in [5.41, 5.74) is 1.52. The Bertz CT molecular complexity index is 872. The van der Waals surface area contributed by atoms with Crippen molar-refractivity contribution >= 4 is 33.3 Å². The lowest BCUT2D eigenvalue weighted by atomic mass is 10.2. The zero-order chi connectivity index (χ0) is 18.4. The molecule has 134 valence electrons. The van der Waals surface area contributed by atoms with Crippen molar-refractivity contribution in [2.24, 2.45) is 0 Å². The van der Waals surface area contributed by atoms with Gasteiger partial charge in [-0.15, -0.1) is 11.3 Å². The summed E-state index contributed by atoms with van der Waals surface area (Å²) >= 11 is 1.55. The van der Waals surface area contributed by atoms with Crippen LogP contribution in [0.3, 0.4) is 0 Å².